The molecule has 0 spiro atoms. The zero-order valence-corrected chi connectivity index (χ0v) is 10.5. The van der Waals surface area contributed by atoms with E-state index in [1.54, 1.807) is 0 Å². The van der Waals surface area contributed by atoms with Gasteiger partial charge in [-0.15, -0.1) is 0 Å². The van der Waals surface area contributed by atoms with Gasteiger partial charge in [-0.3, -0.25) is 0 Å². The highest BCUT2D eigenvalue weighted by molar-refractivity contribution is 5.89. The molecule has 0 radical (unpaired) electrons. The molecule has 1 atom stereocenters. The molecule has 92 valence electrons. The molecule has 1 aliphatic rings. The third kappa shape index (κ3) is 2.86. The molecule has 17 heavy (non-hydrogen) atoms. The second kappa shape index (κ2) is 5.32. The average Bonchev–Trinajstić information content (AvgIpc) is 2.75. The fourth-order valence-corrected chi connectivity index (χ4v) is 2.14. The lowest BCUT2D eigenvalue weighted by Crippen LogP contribution is -2.15. The molecule has 2 rings (SSSR count). The number of nitrogens with one attached hydrogen (secondary N) is 1. The van der Waals surface area contributed by atoms with E-state index in [-0.39, 0.29) is 12.1 Å². The molecular weight excluding hydrogens is 214 g/mol. The van der Waals surface area contributed by atoms with E-state index in [2.05, 4.69) is 12.2 Å². The van der Waals surface area contributed by atoms with Crippen LogP contribution in [0.15, 0.2) is 18.2 Å². The first-order valence-corrected chi connectivity index (χ1v) is 6.24. The third-order valence-corrected chi connectivity index (χ3v) is 3.08. The highest BCUT2D eigenvalue weighted by atomic mass is 16.5. The first kappa shape index (κ1) is 12.1. The Morgan fingerprint density at radius 2 is 2.18 bits per heavy atom. The fraction of sp³-hybridized carbons (Fsp3) is 0.500. The summed E-state index contributed by atoms with van der Waals surface area (Å²) in [5, 5.41) is 3.26. The molecule has 1 aliphatic heterocycles. The predicted octanol–water partition coefficient (Wildman–Crippen LogP) is 2.64. The highest BCUT2D eigenvalue weighted by Gasteiger charge is 2.15. The maximum absolute atomic E-state index is 11.9. The van der Waals surface area contributed by atoms with E-state index in [0.717, 1.165) is 25.9 Å². The number of hydrogen-bond donors (Lipinski definition) is 1. The minimum absolute atomic E-state index is 0.00104. The number of benzene rings is 1. The standard InChI is InChI=1S/C14H19NO2/c1-3-4-10(2)17-14(16)11-5-6-12-8-15-9-13(12)7-11/h5-7,10,15H,3-4,8-9H2,1-2H3. The van der Waals surface area contributed by atoms with Gasteiger partial charge in [-0.1, -0.05) is 19.4 Å². The van der Waals surface area contributed by atoms with Gasteiger partial charge in [-0.25, -0.2) is 4.79 Å². The molecule has 0 aliphatic carbocycles. The Morgan fingerprint density at radius 3 is 2.94 bits per heavy atom. The van der Waals surface area contributed by atoms with Crippen molar-refractivity contribution >= 4 is 5.97 Å². The van der Waals surface area contributed by atoms with Crippen LogP contribution in [0.4, 0.5) is 0 Å². The van der Waals surface area contributed by atoms with Gasteiger partial charge in [0.25, 0.3) is 0 Å². The quantitative estimate of drug-likeness (QED) is 0.812. The Labute approximate surface area is 102 Å². The lowest BCUT2D eigenvalue weighted by Gasteiger charge is -2.12. The van der Waals surface area contributed by atoms with Crippen molar-refractivity contribution in [2.75, 3.05) is 0 Å². The number of carbonyl (C=O) groups is 1. The SMILES string of the molecule is CCCC(C)OC(=O)c1ccc2c(c1)CNC2. The van der Waals surface area contributed by atoms with E-state index in [1.807, 2.05) is 25.1 Å². The Bertz CT molecular complexity index is 415. The Balaban J connectivity index is 2.04. The molecule has 1 heterocycles. The Kier molecular flexibility index (Phi) is 3.79. The highest BCUT2D eigenvalue weighted by Crippen LogP contribution is 2.18. The van der Waals surface area contributed by atoms with Crippen LogP contribution in [0.3, 0.4) is 0 Å². The smallest absolute Gasteiger partial charge is 0.338 e. The molecule has 0 saturated heterocycles. The third-order valence-electron chi connectivity index (χ3n) is 3.08. The van der Waals surface area contributed by atoms with Crippen LogP contribution >= 0.6 is 0 Å². The van der Waals surface area contributed by atoms with Gasteiger partial charge in [0, 0.05) is 13.1 Å². The summed E-state index contributed by atoms with van der Waals surface area (Å²) >= 11 is 0. The van der Waals surface area contributed by atoms with E-state index < -0.39 is 0 Å². The topological polar surface area (TPSA) is 38.3 Å². The normalized spacial score (nSPS) is 15.4. The van der Waals surface area contributed by atoms with Crippen molar-refractivity contribution in [3.63, 3.8) is 0 Å². The molecule has 3 heteroatoms. The first-order chi connectivity index (χ1) is 8.20. The van der Waals surface area contributed by atoms with E-state index in [9.17, 15) is 4.79 Å². The minimum Gasteiger partial charge on any atom is -0.459 e. The molecule has 0 saturated carbocycles. The second-order valence-corrected chi connectivity index (χ2v) is 4.59. The maximum Gasteiger partial charge on any atom is 0.338 e. The van der Waals surface area contributed by atoms with Crippen molar-refractivity contribution < 1.29 is 9.53 Å². The Morgan fingerprint density at radius 1 is 1.41 bits per heavy atom. The number of ether oxygens (including phenoxy) is 1. The molecular formula is C14H19NO2. The minimum atomic E-state index is -0.208. The molecule has 0 bridgehead atoms. The zero-order chi connectivity index (χ0) is 12.3. The summed E-state index contributed by atoms with van der Waals surface area (Å²) in [7, 11) is 0. The van der Waals surface area contributed by atoms with Crippen LogP contribution in [0.5, 0.6) is 0 Å². The van der Waals surface area contributed by atoms with E-state index in [0.29, 0.717) is 5.56 Å². The number of rotatable bonds is 4. The van der Waals surface area contributed by atoms with Crippen LogP contribution in [0.25, 0.3) is 0 Å². The van der Waals surface area contributed by atoms with Crippen molar-refractivity contribution in [2.45, 2.75) is 45.9 Å². The van der Waals surface area contributed by atoms with Gasteiger partial charge < -0.3 is 10.1 Å². The number of fused-ring (bicyclic) bond motifs is 1. The largest absolute Gasteiger partial charge is 0.459 e. The average molecular weight is 233 g/mol. The summed E-state index contributed by atoms with van der Waals surface area (Å²) in [5.41, 5.74) is 3.15. The lowest BCUT2D eigenvalue weighted by atomic mass is 10.1. The summed E-state index contributed by atoms with van der Waals surface area (Å²) in [6.07, 6.45) is 1.94. The first-order valence-electron chi connectivity index (χ1n) is 6.24. The van der Waals surface area contributed by atoms with Gasteiger partial charge >= 0.3 is 5.97 Å². The van der Waals surface area contributed by atoms with Crippen LogP contribution in [0.2, 0.25) is 0 Å². The van der Waals surface area contributed by atoms with Crippen LogP contribution in [0.1, 0.15) is 48.2 Å². The van der Waals surface area contributed by atoms with Crippen LogP contribution in [0, 0.1) is 0 Å². The maximum atomic E-state index is 11.9. The van der Waals surface area contributed by atoms with E-state index >= 15 is 0 Å². The molecule has 1 N–H and O–H groups in total. The summed E-state index contributed by atoms with van der Waals surface area (Å²) in [4.78, 5) is 11.9. The second-order valence-electron chi connectivity index (χ2n) is 4.59. The van der Waals surface area contributed by atoms with Gasteiger partial charge in [0.15, 0.2) is 0 Å². The summed E-state index contributed by atoms with van der Waals surface area (Å²) in [5.74, 6) is -0.208. The Hall–Kier alpha value is -1.35. The van der Waals surface area contributed by atoms with E-state index in [1.165, 1.54) is 11.1 Å². The van der Waals surface area contributed by atoms with Crippen molar-refractivity contribution in [1.82, 2.24) is 5.32 Å². The van der Waals surface area contributed by atoms with Gasteiger partial charge in [0.1, 0.15) is 0 Å². The van der Waals surface area contributed by atoms with Gasteiger partial charge in [-0.05, 0) is 36.6 Å². The zero-order valence-electron chi connectivity index (χ0n) is 10.5. The van der Waals surface area contributed by atoms with Gasteiger partial charge in [0.05, 0.1) is 11.7 Å². The molecule has 0 fully saturated rings. The molecule has 0 amide bonds. The van der Waals surface area contributed by atoms with Crippen molar-refractivity contribution in [3.05, 3.63) is 34.9 Å². The molecule has 0 aromatic heterocycles. The van der Waals surface area contributed by atoms with Crippen molar-refractivity contribution in [1.29, 1.82) is 0 Å². The van der Waals surface area contributed by atoms with Crippen LogP contribution in [-0.2, 0) is 17.8 Å². The molecule has 1 unspecified atom stereocenters. The summed E-state index contributed by atoms with van der Waals surface area (Å²) < 4.78 is 5.38. The van der Waals surface area contributed by atoms with Crippen LogP contribution < -0.4 is 5.32 Å². The fourth-order valence-electron chi connectivity index (χ4n) is 2.14. The molecule has 1 aromatic rings. The summed E-state index contributed by atoms with van der Waals surface area (Å²) in [6, 6.07) is 5.81. The van der Waals surface area contributed by atoms with E-state index in [4.69, 9.17) is 4.74 Å². The predicted molar refractivity (Wildman–Crippen MR) is 66.8 cm³/mol. The molecule has 3 nitrogen and oxygen atoms in total. The van der Waals surface area contributed by atoms with Crippen molar-refractivity contribution in [3.8, 4) is 0 Å². The van der Waals surface area contributed by atoms with Gasteiger partial charge in [0.2, 0.25) is 0 Å². The summed E-state index contributed by atoms with van der Waals surface area (Å²) in [6.45, 7) is 5.78. The monoisotopic (exact) mass is 233 g/mol. The van der Waals surface area contributed by atoms with Crippen LogP contribution in [-0.4, -0.2) is 12.1 Å². The van der Waals surface area contributed by atoms with Crippen molar-refractivity contribution in [2.24, 2.45) is 0 Å². The van der Waals surface area contributed by atoms with Gasteiger partial charge in [-0.2, -0.15) is 0 Å². The number of carbonyl (C=O) groups excluding carboxylic acids is 1. The lowest BCUT2D eigenvalue weighted by molar-refractivity contribution is 0.0323. The number of hydrogen-bond acceptors (Lipinski definition) is 3. The molecule has 1 aromatic carbocycles. The number of esters is 1.